The second kappa shape index (κ2) is 9.35. The molecule has 0 saturated heterocycles. The Morgan fingerprint density at radius 1 is 1.10 bits per heavy atom. The first-order chi connectivity index (χ1) is 9.20. The maximum atomic E-state index is 12.0. The van der Waals surface area contributed by atoms with Crippen LogP contribution in [0.15, 0.2) is 0 Å². The van der Waals surface area contributed by atoms with E-state index in [1.54, 1.807) is 0 Å². The quantitative estimate of drug-likeness (QED) is 0.209. The number of hydrogen-bond acceptors (Lipinski definition) is 2. The molecule has 0 aliphatic carbocycles. The van der Waals surface area contributed by atoms with Crippen LogP contribution in [0, 0.1) is 5.92 Å². The summed E-state index contributed by atoms with van der Waals surface area (Å²) in [5.74, 6) is -2.21. The fraction of sp³-hybridized carbons (Fsp3) is 0.867. The van der Waals surface area contributed by atoms with Gasteiger partial charge >= 0.3 is 5.97 Å². The lowest BCUT2D eigenvalue weighted by molar-refractivity contribution is -0.883. The van der Waals surface area contributed by atoms with Crippen LogP contribution in [0.25, 0.3) is 0 Å². The monoisotopic (exact) mass is 306 g/mol. The van der Waals surface area contributed by atoms with Gasteiger partial charge < -0.3 is 9.59 Å². The number of carbonyl (C=O) groups is 2. The highest BCUT2D eigenvalue weighted by Gasteiger charge is 2.33. The first-order valence-electron chi connectivity index (χ1n) is 7.40. The lowest BCUT2D eigenvalue weighted by atomic mass is 9.95. The van der Waals surface area contributed by atoms with Crippen LogP contribution in [0.5, 0.6) is 0 Å². The molecule has 0 rings (SSSR count). The van der Waals surface area contributed by atoms with Crippen molar-refractivity contribution in [2.75, 3.05) is 21.1 Å². The molecule has 1 N–H and O–H groups in total. The minimum absolute atomic E-state index is 0.187. The van der Waals surface area contributed by atoms with Gasteiger partial charge in [0.05, 0.1) is 21.1 Å². The summed E-state index contributed by atoms with van der Waals surface area (Å²) < 4.78 is 0.440. The smallest absolute Gasteiger partial charge is 0.314 e. The topological polar surface area (TPSA) is 54.4 Å². The number of quaternary nitrogens is 1. The van der Waals surface area contributed by atoms with E-state index in [0.717, 1.165) is 25.7 Å². The van der Waals surface area contributed by atoms with Crippen LogP contribution in [0.2, 0.25) is 0 Å². The molecule has 0 unspecified atom stereocenters. The largest absolute Gasteiger partial charge is 0.481 e. The van der Waals surface area contributed by atoms with Crippen LogP contribution in [0.3, 0.4) is 0 Å². The van der Waals surface area contributed by atoms with Gasteiger partial charge in [-0.1, -0.05) is 44.2 Å². The Labute approximate surface area is 127 Å². The average Bonchev–Trinajstić information content (AvgIpc) is 2.33. The zero-order valence-electron chi connectivity index (χ0n) is 13.2. The van der Waals surface area contributed by atoms with Gasteiger partial charge in [0.15, 0.2) is 5.50 Å². The van der Waals surface area contributed by atoms with E-state index in [9.17, 15) is 14.7 Å². The van der Waals surface area contributed by atoms with Crippen molar-refractivity contribution < 1.29 is 19.2 Å². The highest BCUT2D eigenvalue weighted by Crippen LogP contribution is 2.21. The summed E-state index contributed by atoms with van der Waals surface area (Å²) in [5.41, 5.74) is -0.375. The van der Waals surface area contributed by atoms with Crippen molar-refractivity contribution in [2.45, 2.75) is 57.4 Å². The summed E-state index contributed by atoms with van der Waals surface area (Å²) in [4.78, 5) is 23.3. The van der Waals surface area contributed by atoms with Crippen LogP contribution in [0.4, 0.5) is 0 Å². The summed E-state index contributed by atoms with van der Waals surface area (Å²) in [5, 5.41) is 9.21. The summed E-state index contributed by atoms with van der Waals surface area (Å²) >= 11 is 6.20. The van der Waals surface area contributed by atoms with E-state index in [4.69, 9.17) is 11.6 Å². The summed E-state index contributed by atoms with van der Waals surface area (Å²) in [6.45, 7) is 2.14. The molecule has 118 valence electrons. The van der Waals surface area contributed by atoms with Crippen LogP contribution in [-0.4, -0.2) is 48.0 Å². The van der Waals surface area contributed by atoms with Crippen molar-refractivity contribution in [1.82, 2.24) is 0 Å². The van der Waals surface area contributed by atoms with Gasteiger partial charge in [-0.3, -0.25) is 9.59 Å². The van der Waals surface area contributed by atoms with E-state index in [0.29, 0.717) is 10.9 Å². The molecular formula is C15H29ClNO3+. The molecule has 0 spiro atoms. The second-order valence-corrected chi connectivity index (χ2v) is 6.81. The molecule has 0 aliphatic heterocycles. The predicted molar refractivity (Wildman–Crippen MR) is 81.8 cm³/mol. The van der Waals surface area contributed by atoms with Crippen molar-refractivity contribution in [1.29, 1.82) is 0 Å². The van der Waals surface area contributed by atoms with Crippen molar-refractivity contribution in [3.05, 3.63) is 0 Å². The normalized spacial score (nSPS) is 14.8. The number of Topliss-reactive ketones (excluding diaryl/α,β-unsaturated/α-hetero) is 1. The van der Waals surface area contributed by atoms with Crippen LogP contribution >= 0.6 is 11.6 Å². The van der Waals surface area contributed by atoms with Crippen LogP contribution in [-0.2, 0) is 9.59 Å². The Balaban J connectivity index is 4.31. The maximum absolute atomic E-state index is 12.0. The number of halogens is 1. The molecule has 0 bridgehead atoms. The molecule has 5 heteroatoms. The number of nitrogens with zero attached hydrogens (tertiary/aromatic N) is 1. The first-order valence-corrected chi connectivity index (χ1v) is 7.84. The second-order valence-electron chi connectivity index (χ2n) is 6.31. The number of alkyl halides is 1. The van der Waals surface area contributed by atoms with Gasteiger partial charge in [-0.05, 0) is 6.42 Å². The van der Waals surface area contributed by atoms with Crippen molar-refractivity contribution in [3.63, 3.8) is 0 Å². The number of aliphatic carboxylic acids is 1. The molecule has 0 amide bonds. The molecular weight excluding hydrogens is 278 g/mol. The number of carboxylic acid groups (broad SMARTS) is 1. The molecule has 2 atom stereocenters. The molecule has 0 radical (unpaired) electrons. The maximum Gasteiger partial charge on any atom is 0.314 e. The minimum atomic E-state index is -1.05. The number of unbranched alkanes of at least 4 members (excludes halogenated alkanes) is 4. The van der Waals surface area contributed by atoms with Crippen molar-refractivity contribution in [2.24, 2.45) is 5.92 Å². The molecule has 0 heterocycles. The highest BCUT2D eigenvalue weighted by atomic mass is 35.5. The Kier molecular flexibility index (Phi) is 9.06. The van der Waals surface area contributed by atoms with Gasteiger partial charge in [0, 0.05) is 12.8 Å². The third-order valence-corrected chi connectivity index (χ3v) is 4.25. The molecule has 0 aromatic carbocycles. The van der Waals surface area contributed by atoms with Gasteiger partial charge in [-0.15, -0.1) is 0 Å². The lowest BCUT2D eigenvalue weighted by Crippen LogP contribution is -2.44. The third kappa shape index (κ3) is 7.85. The van der Waals surface area contributed by atoms with Crippen LogP contribution < -0.4 is 0 Å². The Bertz CT molecular complexity index is 313. The Hall–Kier alpha value is -0.610. The number of rotatable bonds is 11. The van der Waals surface area contributed by atoms with E-state index in [2.05, 4.69) is 6.92 Å². The third-order valence-electron chi connectivity index (χ3n) is 3.48. The standard InChI is InChI=1S/C15H28ClNO3/c1-5-6-7-8-9-10-13(18)12(15(19)20)11-14(16)17(2,3)4/h12,14H,5-11H2,1-4H3/p+1/t12-,14-/m1/s1. The minimum Gasteiger partial charge on any atom is -0.481 e. The van der Waals surface area contributed by atoms with E-state index < -0.39 is 11.9 Å². The van der Waals surface area contributed by atoms with Crippen molar-refractivity contribution in [3.8, 4) is 0 Å². The zero-order chi connectivity index (χ0) is 15.8. The zero-order valence-corrected chi connectivity index (χ0v) is 13.9. The van der Waals surface area contributed by atoms with Gasteiger partial charge in [0.2, 0.25) is 0 Å². The summed E-state index contributed by atoms with van der Waals surface area (Å²) in [7, 11) is 5.68. The molecule has 0 aliphatic rings. The fourth-order valence-corrected chi connectivity index (χ4v) is 2.14. The first kappa shape index (κ1) is 19.4. The molecule has 0 fully saturated rings. The van der Waals surface area contributed by atoms with Crippen molar-refractivity contribution >= 4 is 23.4 Å². The molecule has 20 heavy (non-hydrogen) atoms. The Morgan fingerprint density at radius 2 is 1.65 bits per heavy atom. The molecule has 0 aromatic rings. The van der Waals surface area contributed by atoms with Gasteiger partial charge in [0.25, 0.3) is 0 Å². The molecule has 0 aromatic heterocycles. The predicted octanol–water partition coefficient (Wildman–Crippen LogP) is 3.28. The fourth-order valence-electron chi connectivity index (χ4n) is 1.96. The average molecular weight is 307 g/mol. The van der Waals surface area contributed by atoms with Gasteiger partial charge in [-0.2, -0.15) is 0 Å². The number of carbonyl (C=O) groups excluding carboxylic acids is 1. The van der Waals surface area contributed by atoms with E-state index in [1.807, 2.05) is 21.1 Å². The number of hydrogen-bond donors (Lipinski definition) is 1. The van der Waals surface area contributed by atoms with Crippen LogP contribution in [0.1, 0.15) is 51.9 Å². The van der Waals surface area contributed by atoms with Gasteiger partial charge in [0.1, 0.15) is 11.7 Å². The highest BCUT2D eigenvalue weighted by molar-refractivity contribution is 6.20. The summed E-state index contributed by atoms with van der Waals surface area (Å²) in [6.07, 6.45) is 5.74. The van der Waals surface area contributed by atoms with E-state index >= 15 is 0 Å². The molecule has 4 nitrogen and oxygen atoms in total. The lowest BCUT2D eigenvalue weighted by Gasteiger charge is -2.30. The van der Waals surface area contributed by atoms with E-state index in [1.165, 1.54) is 6.42 Å². The number of ketones is 1. The van der Waals surface area contributed by atoms with Gasteiger partial charge in [-0.25, -0.2) is 0 Å². The SMILES string of the molecule is CCCCCCCC(=O)[C@@H](C[C@H](Cl)[N+](C)(C)C)C(=O)O. The van der Waals surface area contributed by atoms with E-state index in [-0.39, 0.29) is 17.7 Å². The molecule has 0 saturated carbocycles. The Morgan fingerprint density at radius 3 is 2.10 bits per heavy atom. The number of carboxylic acids is 1. The summed E-state index contributed by atoms with van der Waals surface area (Å²) in [6, 6.07) is 0.